The largest absolute Gasteiger partial charge is 0.460 e. The van der Waals surface area contributed by atoms with Gasteiger partial charge in [0.15, 0.2) is 0 Å². The quantitative estimate of drug-likeness (QED) is 0.283. The van der Waals surface area contributed by atoms with Crippen molar-refractivity contribution in [1.29, 1.82) is 0 Å². The number of nitrogens with one attached hydrogen (secondary N) is 1. The first-order valence-corrected chi connectivity index (χ1v) is 15.5. The minimum absolute atomic E-state index is 0.110. The third-order valence-corrected chi connectivity index (χ3v) is 9.05. The van der Waals surface area contributed by atoms with E-state index in [1.165, 1.54) is 0 Å². The fourth-order valence-electron chi connectivity index (χ4n) is 7.08. The number of anilines is 1. The normalized spacial score (nSPS) is 31.8. The number of carbonyl (C=O) groups excluding carboxylic acids is 4. The summed E-state index contributed by atoms with van der Waals surface area (Å²) in [5.41, 5.74) is 1.35. The summed E-state index contributed by atoms with van der Waals surface area (Å²) in [6, 6.07) is 4.92. The third kappa shape index (κ3) is 5.87. The number of amides is 3. The highest BCUT2D eigenvalue weighted by Gasteiger charge is 2.71. The Morgan fingerprint density at radius 2 is 1.77 bits per heavy atom. The number of hydrogen-bond donors (Lipinski definition) is 2. The van der Waals surface area contributed by atoms with Crippen LogP contribution in [0.25, 0.3) is 0 Å². The summed E-state index contributed by atoms with van der Waals surface area (Å²) in [4.78, 5) is 58.4. The summed E-state index contributed by atoms with van der Waals surface area (Å²) >= 11 is 0. The Morgan fingerprint density at radius 3 is 2.51 bits per heavy atom. The molecule has 0 saturated carbocycles. The van der Waals surface area contributed by atoms with E-state index in [0.29, 0.717) is 32.4 Å². The molecule has 3 amide bonds. The van der Waals surface area contributed by atoms with Gasteiger partial charge in [-0.2, -0.15) is 0 Å². The first-order chi connectivity index (χ1) is 20.7. The number of para-hydroxylation sites is 1. The van der Waals surface area contributed by atoms with Gasteiger partial charge in [-0.25, -0.2) is 0 Å². The number of benzene rings is 1. The Hall–Kier alpha value is -3.50. The lowest BCUT2D eigenvalue weighted by atomic mass is 9.78. The van der Waals surface area contributed by atoms with Crippen LogP contribution >= 0.6 is 0 Å². The standard InChI is InChI=1S/C33H43N3O7/c1-21-12-10-13-22(2)28(21)35-18-11-16-33-27(30(39)36(29(33)31(35)40)17-8-4-5-9-19-37)26-24(43-33)14-6-7-15-25(38)34-20-23(3)42-32(26)41/h6,10-14,16,23-24,26-27,29,37H,4-5,7-9,15,17-20H2,1-3H3,(H,34,38)/b14-6-/t23-,24-,26+,27+,29-,33+/m0/s1. The Bertz CT molecular complexity index is 1290. The van der Waals surface area contributed by atoms with Gasteiger partial charge in [-0.05, 0) is 51.2 Å². The molecule has 0 bridgehead atoms. The molecule has 10 nitrogen and oxygen atoms in total. The summed E-state index contributed by atoms with van der Waals surface area (Å²) in [5, 5.41) is 12.0. The van der Waals surface area contributed by atoms with Gasteiger partial charge in [-0.1, -0.05) is 55.3 Å². The van der Waals surface area contributed by atoms with Crippen LogP contribution in [0.2, 0.25) is 0 Å². The highest BCUT2D eigenvalue weighted by atomic mass is 16.6. The third-order valence-electron chi connectivity index (χ3n) is 9.05. The number of carbonyl (C=O) groups is 4. The number of aliphatic hydroxyl groups is 1. The maximum atomic E-state index is 14.7. The first kappa shape index (κ1) is 30.9. The second-order valence-corrected chi connectivity index (χ2v) is 12.1. The van der Waals surface area contributed by atoms with Gasteiger partial charge in [0.2, 0.25) is 11.8 Å². The molecule has 1 aromatic carbocycles. The molecule has 4 heterocycles. The average molecular weight is 594 g/mol. The average Bonchev–Trinajstić information content (AvgIpc) is 3.35. The molecule has 6 atom stereocenters. The van der Waals surface area contributed by atoms with E-state index >= 15 is 0 Å². The van der Waals surface area contributed by atoms with E-state index in [4.69, 9.17) is 9.47 Å². The van der Waals surface area contributed by atoms with E-state index in [-0.39, 0.29) is 37.3 Å². The smallest absolute Gasteiger partial charge is 0.313 e. The number of aliphatic hydroxyl groups excluding tert-OH is 1. The van der Waals surface area contributed by atoms with E-state index in [9.17, 15) is 24.3 Å². The maximum Gasteiger partial charge on any atom is 0.313 e. The number of likely N-dealkylation sites (tertiary alicyclic amines) is 1. The van der Waals surface area contributed by atoms with Crippen LogP contribution in [0.3, 0.4) is 0 Å². The zero-order valence-electron chi connectivity index (χ0n) is 25.3. The van der Waals surface area contributed by atoms with E-state index < -0.39 is 41.7 Å². The van der Waals surface area contributed by atoms with Gasteiger partial charge in [0, 0.05) is 31.8 Å². The Balaban J connectivity index is 1.56. The molecule has 5 rings (SSSR count). The van der Waals surface area contributed by atoms with E-state index in [2.05, 4.69) is 5.32 Å². The minimum Gasteiger partial charge on any atom is -0.460 e. The zero-order valence-corrected chi connectivity index (χ0v) is 25.3. The molecule has 4 aliphatic rings. The van der Waals surface area contributed by atoms with Crippen LogP contribution in [0.4, 0.5) is 5.69 Å². The molecule has 1 aromatic rings. The van der Waals surface area contributed by atoms with Gasteiger partial charge in [0.25, 0.3) is 5.91 Å². The molecule has 232 valence electrons. The van der Waals surface area contributed by atoms with Gasteiger partial charge in [-0.3, -0.25) is 19.2 Å². The zero-order chi connectivity index (χ0) is 30.7. The molecule has 1 spiro atoms. The van der Waals surface area contributed by atoms with E-state index in [1.54, 1.807) is 28.9 Å². The molecular weight excluding hydrogens is 550 g/mol. The molecule has 2 fully saturated rings. The molecule has 4 aliphatic heterocycles. The van der Waals surface area contributed by atoms with Gasteiger partial charge < -0.3 is 29.7 Å². The molecule has 43 heavy (non-hydrogen) atoms. The fraction of sp³-hybridized carbons (Fsp3) is 0.576. The van der Waals surface area contributed by atoms with Gasteiger partial charge >= 0.3 is 5.97 Å². The lowest BCUT2D eigenvalue weighted by Crippen LogP contribution is -2.55. The van der Waals surface area contributed by atoms with Crippen LogP contribution in [-0.2, 0) is 28.7 Å². The second-order valence-electron chi connectivity index (χ2n) is 12.1. The lowest BCUT2D eigenvalue weighted by molar-refractivity contribution is -0.158. The van der Waals surface area contributed by atoms with Crippen molar-refractivity contribution in [1.82, 2.24) is 10.2 Å². The number of ether oxygens (including phenoxy) is 2. The molecule has 0 radical (unpaired) electrons. The number of aryl methyl sites for hydroxylation is 2. The number of fused-ring (bicyclic) bond motifs is 2. The monoisotopic (exact) mass is 593 g/mol. The van der Waals surface area contributed by atoms with Crippen molar-refractivity contribution < 1.29 is 33.8 Å². The van der Waals surface area contributed by atoms with Crippen molar-refractivity contribution in [2.45, 2.75) is 83.1 Å². The number of cyclic esters (lactones) is 1. The molecule has 0 aliphatic carbocycles. The van der Waals surface area contributed by atoms with E-state index in [0.717, 1.165) is 29.7 Å². The summed E-state index contributed by atoms with van der Waals surface area (Å²) < 4.78 is 12.5. The lowest BCUT2D eigenvalue weighted by Gasteiger charge is -2.36. The SMILES string of the molecule is Cc1cccc(C)c1N1CC=C[C@@]23O[C@H]4/C=C\CCC(=O)NC[C@H](C)OC(=O)[C@H]4[C@@H]2C(=O)N(CCCCCCO)[C@H]3C1=O. The van der Waals surface area contributed by atoms with Crippen molar-refractivity contribution >= 4 is 29.4 Å². The van der Waals surface area contributed by atoms with Gasteiger partial charge in [0.1, 0.15) is 23.7 Å². The Kier molecular flexibility index (Phi) is 9.36. The van der Waals surface area contributed by atoms with Crippen molar-refractivity contribution in [3.05, 3.63) is 53.6 Å². The summed E-state index contributed by atoms with van der Waals surface area (Å²) in [7, 11) is 0. The number of rotatable bonds is 7. The van der Waals surface area contributed by atoms with Crippen molar-refractivity contribution in [2.75, 3.05) is 31.1 Å². The molecule has 0 aromatic heterocycles. The molecule has 2 N–H and O–H groups in total. The molecular formula is C33H43N3O7. The summed E-state index contributed by atoms with van der Waals surface area (Å²) in [6.07, 6.45) is 9.52. The van der Waals surface area contributed by atoms with Crippen molar-refractivity contribution in [3.8, 4) is 0 Å². The van der Waals surface area contributed by atoms with Crippen molar-refractivity contribution in [2.24, 2.45) is 11.8 Å². The topological polar surface area (TPSA) is 125 Å². The van der Waals surface area contributed by atoms with Gasteiger partial charge in [0.05, 0.1) is 18.6 Å². The minimum atomic E-state index is -1.36. The highest BCUT2D eigenvalue weighted by Crippen LogP contribution is 2.53. The van der Waals surface area contributed by atoms with Crippen molar-refractivity contribution in [3.63, 3.8) is 0 Å². The van der Waals surface area contributed by atoms with Crippen LogP contribution in [-0.4, -0.2) is 83.8 Å². The maximum absolute atomic E-state index is 14.7. The molecule has 2 saturated heterocycles. The number of allylic oxidation sites excluding steroid dienone is 1. The molecule has 0 unspecified atom stereocenters. The number of esters is 1. The Labute approximate surface area is 253 Å². The second kappa shape index (κ2) is 13.0. The fourth-order valence-corrected chi connectivity index (χ4v) is 7.08. The van der Waals surface area contributed by atoms with Crippen LogP contribution in [0.1, 0.15) is 56.6 Å². The highest BCUT2D eigenvalue weighted by molar-refractivity contribution is 6.06. The van der Waals surface area contributed by atoms with Crippen LogP contribution in [0, 0.1) is 25.7 Å². The van der Waals surface area contributed by atoms with Crippen LogP contribution in [0.15, 0.2) is 42.5 Å². The number of unbranched alkanes of at least 4 members (excludes halogenated alkanes) is 3. The molecule has 10 heteroatoms. The number of hydrogen-bond acceptors (Lipinski definition) is 7. The van der Waals surface area contributed by atoms with Crippen LogP contribution in [0.5, 0.6) is 0 Å². The predicted molar refractivity (Wildman–Crippen MR) is 160 cm³/mol. The summed E-state index contributed by atoms with van der Waals surface area (Å²) in [5.74, 6) is -3.15. The van der Waals surface area contributed by atoms with Gasteiger partial charge in [-0.15, -0.1) is 0 Å². The predicted octanol–water partition coefficient (Wildman–Crippen LogP) is 2.74. The van der Waals surface area contributed by atoms with Crippen LogP contribution < -0.4 is 10.2 Å². The number of nitrogens with zero attached hydrogens (tertiary/aromatic N) is 2. The summed E-state index contributed by atoms with van der Waals surface area (Å²) in [6.45, 7) is 6.55. The van der Waals surface area contributed by atoms with E-state index in [1.807, 2.05) is 44.2 Å². The first-order valence-electron chi connectivity index (χ1n) is 15.5. The Morgan fingerprint density at radius 1 is 1.02 bits per heavy atom.